The van der Waals surface area contributed by atoms with Gasteiger partial charge in [-0.05, 0) is 43.0 Å². The highest BCUT2D eigenvalue weighted by Gasteiger charge is 2.52. The van der Waals surface area contributed by atoms with Crippen molar-refractivity contribution in [3.8, 4) is 0 Å². The van der Waals surface area contributed by atoms with Crippen molar-refractivity contribution >= 4 is 23.4 Å². The number of benzene rings is 2. The number of nitrogens with one attached hydrogen (secondary N) is 1. The molecule has 3 amide bonds. The molecule has 2 fully saturated rings. The molecule has 1 unspecified atom stereocenters. The second kappa shape index (κ2) is 10.4. The van der Waals surface area contributed by atoms with Gasteiger partial charge in [0.2, 0.25) is 11.8 Å². The number of amides is 3. The van der Waals surface area contributed by atoms with Crippen LogP contribution >= 0.6 is 0 Å². The Labute approximate surface area is 212 Å². The van der Waals surface area contributed by atoms with Gasteiger partial charge in [0.15, 0.2) is 0 Å². The van der Waals surface area contributed by atoms with Crippen LogP contribution in [0.3, 0.4) is 0 Å². The number of fused-ring (bicyclic) bond motifs is 3. The molecule has 36 heavy (non-hydrogen) atoms. The van der Waals surface area contributed by atoms with Crippen LogP contribution in [0.1, 0.15) is 54.1 Å². The summed E-state index contributed by atoms with van der Waals surface area (Å²) in [5, 5.41) is 3.05. The third kappa shape index (κ3) is 4.75. The number of hydrogen-bond acceptors (Lipinski definition) is 5. The van der Waals surface area contributed by atoms with Gasteiger partial charge in [-0.15, -0.1) is 0 Å². The molecule has 3 aliphatic heterocycles. The summed E-state index contributed by atoms with van der Waals surface area (Å²) in [4.78, 5) is 44.7. The van der Waals surface area contributed by atoms with Gasteiger partial charge in [-0.2, -0.15) is 0 Å². The molecule has 2 aromatic carbocycles. The number of hydrogen-bond donors (Lipinski definition) is 1. The van der Waals surface area contributed by atoms with E-state index >= 15 is 0 Å². The number of morpholine rings is 1. The minimum Gasteiger partial charge on any atom is -0.379 e. The summed E-state index contributed by atoms with van der Waals surface area (Å²) in [5.41, 5.74) is 2.89. The highest BCUT2D eigenvalue weighted by molar-refractivity contribution is 6.10. The van der Waals surface area contributed by atoms with Crippen LogP contribution in [-0.4, -0.2) is 66.0 Å². The molecule has 5 rings (SSSR count). The first kappa shape index (κ1) is 24.5. The molecule has 0 aliphatic carbocycles. The Morgan fingerprint density at radius 3 is 2.56 bits per heavy atom. The minimum absolute atomic E-state index is 0.0365. The van der Waals surface area contributed by atoms with Crippen molar-refractivity contribution in [3.05, 3.63) is 65.2 Å². The average molecular weight is 491 g/mol. The average Bonchev–Trinajstić information content (AvgIpc) is 3.21. The van der Waals surface area contributed by atoms with E-state index in [1.807, 2.05) is 37.3 Å². The minimum atomic E-state index is -0.683. The summed E-state index contributed by atoms with van der Waals surface area (Å²) in [6.07, 6.45) is 1.87. The van der Waals surface area contributed by atoms with Crippen molar-refractivity contribution in [3.63, 3.8) is 0 Å². The molecule has 0 saturated carbocycles. The van der Waals surface area contributed by atoms with Gasteiger partial charge in [0.05, 0.1) is 24.5 Å². The lowest BCUT2D eigenvalue weighted by atomic mass is 9.98. The van der Waals surface area contributed by atoms with E-state index < -0.39 is 5.66 Å². The molecule has 0 radical (unpaired) electrons. The fourth-order valence-corrected chi connectivity index (χ4v) is 5.61. The summed E-state index contributed by atoms with van der Waals surface area (Å²) >= 11 is 0. The third-order valence-electron chi connectivity index (χ3n) is 7.62. The molecule has 1 atom stereocenters. The highest BCUT2D eigenvalue weighted by Crippen LogP contribution is 2.44. The smallest absolute Gasteiger partial charge is 0.257 e. The Balaban J connectivity index is 1.17. The van der Waals surface area contributed by atoms with Crippen molar-refractivity contribution in [2.45, 2.75) is 51.4 Å². The van der Waals surface area contributed by atoms with E-state index in [4.69, 9.17) is 4.74 Å². The number of carbonyl (C=O) groups excluding carboxylic acids is 3. The lowest BCUT2D eigenvalue weighted by Gasteiger charge is -2.48. The van der Waals surface area contributed by atoms with Gasteiger partial charge in [-0.1, -0.05) is 36.4 Å². The summed E-state index contributed by atoms with van der Waals surface area (Å²) < 4.78 is 5.44. The number of rotatable bonds is 8. The maximum absolute atomic E-state index is 13.3. The molecule has 8 nitrogen and oxygen atoms in total. The van der Waals surface area contributed by atoms with Gasteiger partial charge < -0.3 is 15.0 Å². The second-order valence-electron chi connectivity index (χ2n) is 9.96. The number of carbonyl (C=O) groups is 3. The van der Waals surface area contributed by atoms with Gasteiger partial charge in [0.25, 0.3) is 5.91 Å². The molecule has 1 N–H and O–H groups in total. The van der Waals surface area contributed by atoms with Gasteiger partial charge >= 0.3 is 0 Å². The molecule has 2 aromatic rings. The maximum atomic E-state index is 13.3. The zero-order chi connectivity index (χ0) is 25.1. The van der Waals surface area contributed by atoms with E-state index in [1.165, 1.54) is 5.56 Å². The predicted octanol–water partition coefficient (Wildman–Crippen LogP) is 2.91. The SMILES string of the molecule is CC12CCC(=O)N1c1ccccc1C(=O)N2CCCC(=O)NCc1ccccc1CN1CCOCC1. The molecular weight excluding hydrogens is 456 g/mol. The van der Waals surface area contributed by atoms with E-state index in [2.05, 4.69) is 22.3 Å². The normalized spacial score (nSPS) is 21.9. The van der Waals surface area contributed by atoms with Crippen LogP contribution in [0.15, 0.2) is 48.5 Å². The van der Waals surface area contributed by atoms with Gasteiger partial charge in [-0.3, -0.25) is 24.2 Å². The Morgan fingerprint density at radius 2 is 1.75 bits per heavy atom. The van der Waals surface area contributed by atoms with Crippen molar-refractivity contribution < 1.29 is 19.1 Å². The maximum Gasteiger partial charge on any atom is 0.257 e. The van der Waals surface area contributed by atoms with Gasteiger partial charge in [-0.25, -0.2) is 0 Å². The number of ether oxygens (including phenoxy) is 1. The van der Waals surface area contributed by atoms with Crippen LogP contribution in [-0.2, 0) is 27.4 Å². The van der Waals surface area contributed by atoms with Gasteiger partial charge in [0.1, 0.15) is 5.66 Å². The zero-order valence-electron chi connectivity index (χ0n) is 20.9. The van der Waals surface area contributed by atoms with E-state index in [-0.39, 0.29) is 17.7 Å². The number of anilines is 1. The quantitative estimate of drug-likeness (QED) is 0.615. The molecule has 8 heteroatoms. The van der Waals surface area contributed by atoms with Gasteiger partial charge in [0, 0.05) is 45.6 Å². The summed E-state index contributed by atoms with van der Waals surface area (Å²) in [7, 11) is 0. The first-order valence-corrected chi connectivity index (χ1v) is 12.8. The monoisotopic (exact) mass is 490 g/mol. The molecule has 0 bridgehead atoms. The molecule has 2 saturated heterocycles. The fourth-order valence-electron chi connectivity index (χ4n) is 5.61. The Morgan fingerprint density at radius 1 is 1.03 bits per heavy atom. The van der Waals surface area contributed by atoms with Crippen LogP contribution in [0, 0.1) is 0 Å². The molecule has 3 heterocycles. The highest BCUT2D eigenvalue weighted by atomic mass is 16.5. The molecule has 0 spiro atoms. The standard InChI is InChI=1S/C28H34N4O4/c1-28-13-12-26(34)32(28)24-10-5-4-9-23(24)27(35)31(28)14-6-11-25(33)29-19-21-7-2-3-8-22(21)20-30-15-17-36-18-16-30/h2-5,7-10H,6,11-20H2,1H3,(H,29,33). The molecular formula is C28H34N4O4. The summed E-state index contributed by atoms with van der Waals surface area (Å²) in [6, 6.07) is 15.5. The Bertz CT molecular complexity index is 1150. The third-order valence-corrected chi connectivity index (χ3v) is 7.62. The Hall–Kier alpha value is -3.23. The van der Waals surface area contributed by atoms with E-state index in [1.54, 1.807) is 15.9 Å². The van der Waals surface area contributed by atoms with Crippen molar-refractivity contribution in [1.82, 2.24) is 15.1 Å². The van der Waals surface area contributed by atoms with Crippen LogP contribution in [0.2, 0.25) is 0 Å². The fraction of sp³-hybridized carbons (Fsp3) is 0.464. The predicted molar refractivity (Wildman–Crippen MR) is 136 cm³/mol. The molecule has 3 aliphatic rings. The largest absolute Gasteiger partial charge is 0.379 e. The molecule has 190 valence electrons. The summed E-state index contributed by atoms with van der Waals surface area (Å²) in [5.74, 6) is -0.0713. The van der Waals surface area contributed by atoms with Crippen molar-refractivity contribution in [1.29, 1.82) is 0 Å². The van der Waals surface area contributed by atoms with Crippen LogP contribution in [0.25, 0.3) is 0 Å². The second-order valence-corrected chi connectivity index (χ2v) is 9.96. The van der Waals surface area contributed by atoms with Crippen molar-refractivity contribution in [2.24, 2.45) is 0 Å². The van der Waals surface area contributed by atoms with E-state index in [0.717, 1.165) is 38.4 Å². The lowest BCUT2D eigenvalue weighted by molar-refractivity contribution is -0.121. The van der Waals surface area contributed by atoms with Crippen LogP contribution in [0.4, 0.5) is 5.69 Å². The van der Waals surface area contributed by atoms with Crippen LogP contribution in [0.5, 0.6) is 0 Å². The zero-order valence-corrected chi connectivity index (χ0v) is 20.9. The topological polar surface area (TPSA) is 82.2 Å². The first-order valence-electron chi connectivity index (χ1n) is 12.8. The van der Waals surface area contributed by atoms with E-state index in [0.29, 0.717) is 50.0 Å². The first-order chi connectivity index (χ1) is 17.5. The number of para-hydroxylation sites is 1. The lowest BCUT2D eigenvalue weighted by Crippen LogP contribution is -2.62. The van der Waals surface area contributed by atoms with E-state index in [9.17, 15) is 14.4 Å². The van der Waals surface area contributed by atoms with Crippen LogP contribution < -0.4 is 10.2 Å². The summed E-state index contributed by atoms with van der Waals surface area (Å²) in [6.45, 7) is 7.07. The number of nitrogens with zero attached hydrogens (tertiary/aromatic N) is 3. The molecule has 0 aromatic heterocycles. The Kier molecular flexibility index (Phi) is 7.07. The van der Waals surface area contributed by atoms with Crippen molar-refractivity contribution in [2.75, 3.05) is 37.7 Å².